The standard InChI is InChI=1S/C29H30N4O4/c1-36-23-17-21-22(18-24(23)37-2)28(34)33-12-10-19-7-3-4-8-20(19)27(33)26(21)29(35)32-15-13-31(14-16-32)25-9-5-6-11-30-25/h3-9,11,17-18,26-27H,10,12-16H2,1-2H3. The molecule has 3 aliphatic heterocycles. The molecule has 6 rings (SSSR count). The van der Waals surface area contributed by atoms with Crippen LogP contribution in [0.25, 0.3) is 0 Å². The number of hydrogen-bond acceptors (Lipinski definition) is 6. The van der Waals surface area contributed by atoms with Gasteiger partial charge in [-0.3, -0.25) is 9.59 Å². The molecule has 0 bridgehead atoms. The van der Waals surface area contributed by atoms with Crippen molar-refractivity contribution in [1.29, 1.82) is 0 Å². The van der Waals surface area contributed by atoms with Gasteiger partial charge < -0.3 is 24.2 Å². The highest BCUT2D eigenvalue weighted by Gasteiger charge is 2.48. The fourth-order valence-electron chi connectivity index (χ4n) is 6.01. The van der Waals surface area contributed by atoms with Crippen molar-refractivity contribution in [2.24, 2.45) is 0 Å². The van der Waals surface area contributed by atoms with Crippen LogP contribution in [0.15, 0.2) is 60.8 Å². The zero-order valence-electron chi connectivity index (χ0n) is 21.1. The molecule has 8 heteroatoms. The van der Waals surface area contributed by atoms with Crippen LogP contribution in [0.3, 0.4) is 0 Å². The number of aromatic nitrogens is 1. The van der Waals surface area contributed by atoms with Crippen molar-refractivity contribution in [2.75, 3.05) is 51.8 Å². The molecule has 2 amide bonds. The Balaban J connectivity index is 1.40. The van der Waals surface area contributed by atoms with Crippen molar-refractivity contribution in [3.63, 3.8) is 0 Å². The van der Waals surface area contributed by atoms with Crippen molar-refractivity contribution < 1.29 is 19.1 Å². The Labute approximate surface area is 216 Å². The number of hydrogen-bond donors (Lipinski definition) is 0. The Bertz CT molecular complexity index is 1340. The van der Waals surface area contributed by atoms with Crippen LogP contribution in [0.5, 0.6) is 11.5 Å². The average Bonchev–Trinajstić information content (AvgIpc) is 2.97. The van der Waals surface area contributed by atoms with E-state index in [0.717, 1.165) is 17.8 Å². The van der Waals surface area contributed by atoms with Gasteiger partial charge in [-0.05, 0) is 47.4 Å². The van der Waals surface area contributed by atoms with E-state index in [0.29, 0.717) is 55.3 Å². The lowest BCUT2D eigenvalue weighted by atomic mass is 9.75. The SMILES string of the molecule is COc1cc2c(cc1OC)C(C(=O)N1CCN(c3ccccn3)CC1)C1c3ccccc3CCN1C2=O. The summed E-state index contributed by atoms with van der Waals surface area (Å²) in [7, 11) is 3.13. The second-order valence-corrected chi connectivity index (χ2v) is 9.66. The summed E-state index contributed by atoms with van der Waals surface area (Å²) >= 11 is 0. The molecule has 3 aromatic rings. The summed E-state index contributed by atoms with van der Waals surface area (Å²) < 4.78 is 11.1. The number of anilines is 1. The molecule has 0 aliphatic carbocycles. The molecule has 0 saturated carbocycles. The van der Waals surface area contributed by atoms with E-state index in [1.807, 2.05) is 46.2 Å². The molecular weight excluding hydrogens is 468 g/mol. The van der Waals surface area contributed by atoms with Crippen LogP contribution in [0.4, 0.5) is 5.82 Å². The molecule has 37 heavy (non-hydrogen) atoms. The first-order valence-electron chi connectivity index (χ1n) is 12.7. The van der Waals surface area contributed by atoms with Gasteiger partial charge in [0.25, 0.3) is 5.91 Å². The van der Waals surface area contributed by atoms with E-state index in [-0.39, 0.29) is 17.9 Å². The van der Waals surface area contributed by atoms with E-state index in [1.54, 1.807) is 26.5 Å². The van der Waals surface area contributed by atoms with Crippen LogP contribution in [0.1, 0.15) is 39.0 Å². The molecular formula is C29H30N4O4. The van der Waals surface area contributed by atoms with Gasteiger partial charge >= 0.3 is 0 Å². The van der Waals surface area contributed by atoms with Crippen LogP contribution in [-0.2, 0) is 11.2 Å². The second-order valence-electron chi connectivity index (χ2n) is 9.66. The largest absolute Gasteiger partial charge is 0.493 e. The summed E-state index contributed by atoms with van der Waals surface area (Å²) in [6.07, 6.45) is 2.56. The summed E-state index contributed by atoms with van der Waals surface area (Å²) in [6, 6.07) is 17.3. The first-order chi connectivity index (χ1) is 18.1. The molecule has 0 spiro atoms. The maximum atomic E-state index is 14.4. The van der Waals surface area contributed by atoms with Crippen LogP contribution in [-0.4, -0.2) is 73.5 Å². The van der Waals surface area contributed by atoms with Gasteiger partial charge in [-0.1, -0.05) is 30.3 Å². The van der Waals surface area contributed by atoms with Crippen LogP contribution in [0.2, 0.25) is 0 Å². The summed E-state index contributed by atoms with van der Waals surface area (Å²) in [6.45, 7) is 3.18. The first-order valence-corrected chi connectivity index (χ1v) is 12.7. The minimum Gasteiger partial charge on any atom is -0.493 e. The molecule has 1 aromatic heterocycles. The van der Waals surface area contributed by atoms with Gasteiger partial charge in [0.15, 0.2) is 11.5 Å². The number of ether oxygens (including phenoxy) is 2. The predicted octanol–water partition coefficient (Wildman–Crippen LogP) is 3.28. The number of amides is 2. The highest BCUT2D eigenvalue weighted by atomic mass is 16.5. The normalized spacial score (nSPS) is 20.6. The van der Waals surface area contributed by atoms with Gasteiger partial charge in [-0.25, -0.2) is 4.98 Å². The minimum absolute atomic E-state index is 0.0355. The molecule has 1 saturated heterocycles. The fraction of sp³-hybridized carbons (Fsp3) is 0.345. The summed E-state index contributed by atoms with van der Waals surface area (Å²) in [5.74, 6) is 1.36. The summed E-state index contributed by atoms with van der Waals surface area (Å²) in [5, 5.41) is 0. The zero-order valence-corrected chi connectivity index (χ0v) is 21.1. The quantitative estimate of drug-likeness (QED) is 0.550. The third kappa shape index (κ3) is 3.87. The van der Waals surface area contributed by atoms with Gasteiger partial charge in [-0.15, -0.1) is 0 Å². The van der Waals surface area contributed by atoms with Gasteiger partial charge in [0, 0.05) is 44.5 Å². The zero-order chi connectivity index (χ0) is 25.5. The lowest BCUT2D eigenvalue weighted by Crippen LogP contribution is -2.54. The molecule has 3 aliphatic rings. The lowest BCUT2D eigenvalue weighted by Gasteiger charge is -2.47. The molecule has 0 radical (unpaired) electrons. The van der Waals surface area contributed by atoms with Crippen molar-refractivity contribution in [3.05, 3.63) is 83.0 Å². The van der Waals surface area contributed by atoms with E-state index in [4.69, 9.17) is 9.47 Å². The topological polar surface area (TPSA) is 75.2 Å². The highest BCUT2D eigenvalue weighted by molar-refractivity contribution is 6.02. The number of pyridine rings is 1. The first kappa shape index (κ1) is 23.3. The third-order valence-corrected chi connectivity index (χ3v) is 7.86. The second kappa shape index (κ2) is 9.42. The molecule has 1 fully saturated rings. The van der Waals surface area contributed by atoms with Crippen molar-refractivity contribution in [2.45, 2.75) is 18.4 Å². The van der Waals surface area contributed by atoms with Crippen molar-refractivity contribution >= 4 is 17.6 Å². The number of carbonyl (C=O) groups excluding carboxylic acids is 2. The Hall–Kier alpha value is -4.07. The number of benzene rings is 2. The summed E-state index contributed by atoms with van der Waals surface area (Å²) in [4.78, 5) is 38.6. The van der Waals surface area contributed by atoms with E-state index in [2.05, 4.69) is 22.0 Å². The Morgan fingerprint density at radius 1 is 0.892 bits per heavy atom. The molecule has 2 unspecified atom stereocenters. The maximum absolute atomic E-state index is 14.4. The van der Waals surface area contributed by atoms with Crippen LogP contribution < -0.4 is 14.4 Å². The monoisotopic (exact) mass is 498 g/mol. The van der Waals surface area contributed by atoms with Gasteiger partial charge in [0.1, 0.15) is 5.82 Å². The Kier molecular flexibility index (Phi) is 5.94. The fourth-order valence-corrected chi connectivity index (χ4v) is 6.01. The average molecular weight is 499 g/mol. The van der Waals surface area contributed by atoms with Gasteiger partial charge in [0.2, 0.25) is 5.91 Å². The molecule has 190 valence electrons. The molecule has 0 N–H and O–H groups in total. The predicted molar refractivity (Wildman–Crippen MR) is 139 cm³/mol. The molecule has 2 aromatic carbocycles. The number of fused-ring (bicyclic) bond motifs is 4. The molecule has 8 nitrogen and oxygen atoms in total. The summed E-state index contributed by atoms with van der Waals surface area (Å²) in [5.41, 5.74) is 3.46. The van der Waals surface area contributed by atoms with Crippen molar-refractivity contribution in [3.8, 4) is 11.5 Å². The third-order valence-electron chi connectivity index (χ3n) is 7.86. The smallest absolute Gasteiger partial charge is 0.254 e. The van der Waals surface area contributed by atoms with Gasteiger partial charge in [-0.2, -0.15) is 0 Å². The van der Waals surface area contributed by atoms with Crippen LogP contribution >= 0.6 is 0 Å². The number of nitrogens with zero attached hydrogens (tertiary/aromatic N) is 4. The van der Waals surface area contributed by atoms with E-state index >= 15 is 0 Å². The lowest BCUT2D eigenvalue weighted by molar-refractivity contribution is -0.135. The highest BCUT2D eigenvalue weighted by Crippen LogP contribution is 2.49. The van der Waals surface area contributed by atoms with E-state index in [9.17, 15) is 9.59 Å². The van der Waals surface area contributed by atoms with E-state index in [1.165, 1.54) is 5.56 Å². The number of piperazine rings is 1. The van der Waals surface area contributed by atoms with Crippen LogP contribution in [0, 0.1) is 0 Å². The number of carbonyl (C=O) groups is 2. The minimum atomic E-state index is -0.532. The molecule has 2 atom stereocenters. The van der Waals surface area contributed by atoms with E-state index < -0.39 is 5.92 Å². The maximum Gasteiger partial charge on any atom is 0.254 e. The van der Waals surface area contributed by atoms with Crippen molar-refractivity contribution in [1.82, 2.24) is 14.8 Å². The number of methoxy groups -OCH3 is 2. The Morgan fingerprint density at radius 2 is 1.62 bits per heavy atom. The number of rotatable bonds is 4. The van der Waals surface area contributed by atoms with Gasteiger partial charge in [0.05, 0.1) is 26.2 Å². The Morgan fingerprint density at radius 3 is 2.35 bits per heavy atom. The molecule has 4 heterocycles.